The highest BCUT2D eigenvalue weighted by atomic mass is 16.5. The van der Waals surface area contributed by atoms with E-state index in [1.807, 2.05) is 23.1 Å². The first-order valence-corrected chi connectivity index (χ1v) is 13.1. The number of benzene rings is 2. The first-order valence-electron chi connectivity index (χ1n) is 13.1. The van der Waals surface area contributed by atoms with E-state index in [1.165, 1.54) is 55.9 Å². The number of hydrogen-bond acceptors (Lipinski definition) is 4. The van der Waals surface area contributed by atoms with Crippen molar-refractivity contribution in [3.63, 3.8) is 0 Å². The highest BCUT2D eigenvalue weighted by Crippen LogP contribution is 2.46. The van der Waals surface area contributed by atoms with Gasteiger partial charge < -0.3 is 18.9 Å². The number of aromatic nitrogens is 1. The van der Waals surface area contributed by atoms with Crippen LogP contribution in [0.5, 0.6) is 0 Å². The Labute approximate surface area is 211 Å². The van der Waals surface area contributed by atoms with E-state index >= 15 is 0 Å². The van der Waals surface area contributed by atoms with Crippen molar-refractivity contribution in [2.24, 2.45) is 0 Å². The normalized spacial score (nSPS) is 18.2. The van der Waals surface area contributed by atoms with Gasteiger partial charge in [0, 0.05) is 35.1 Å². The summed E-state index contributed by atoms with van der Waals surface area (Å²) in [6.07, 6.45) is 8.16. The molecule has 2 aliphatic heterocycles. The number of morpholine rings is 1. The Morgan fingerprint density at radius 3 is 2.56 bits per heavy atom. The van der Waals surface area contributed by atoms with Crippen LogP contribution in [0.15, 0.2) is 48.0 Å². The summed E-state index contributed by atoms with van der Waals surface area (Å²) in [5.74, 6) is 0.179. The van der Waals surface area contributed by atoms with Crippen LogP contribution in [0.3, 0.4) is 0 Å². The molecule has 1 aliphatic carbocycles. The molecule has 0 unspecified atom stereocenters. The van der Waals surface area contributed by atoms with E-state index in [9.17, 15) is 9.59 Å². The SMILES string of the molecule is COC(=O)c1ccc2c(C3CCCCC3)c3n(c2c1)CC(C(=O)N1CCOCC1)=Cc1ccccc1-3. The lowest BCUT2D eigenvalue weighted by Crippen LogP contribution is -2.41. The van der Waals surface area contributed by atoms with Crippen LogP contribution >= 0.6 is 0 Å². The fraction of sp³-hybridized carbons (Fsp3) is 0.400. The van der Waals surface area contributed by atoms with Gasteiger partial charge >= 0.3 is 5.97 Å². The Bertz CT molecular complexity index is 1360. The number of methoxy groups -OCH3 is 1. The minimum atomic E-state index is -0.346. The number of nitrogens with zero attached hydrogens (tertiary/aromatic N) is 2. The number of hydrogen-bond donors (Lipinski definition) is 0. The van der Waals surface area contributed by atoms with Crippen LogP contribution in [0.4, 0.5) is 0 Å². The molecule has 6 rings (SSSR count). The summed E-state index contributed by atoms with van der Waals surface area (Å²) >= 11 is 0. The highest BCUT2D eigenvalue weighted by Gasteiger charge is 2.31. The van der Waals surface area contributed by atoms with Crippen LogP contribution in [0.2, 0.25) is 0 Å². The molecule has 0 atom stereocenters. The number of carbonyl (C=O) groups excluding carboxylic acids is 2. The highest BCUT2D eigenvalue weighted by molar-refractivity contribution is 6.03. The Kier molecular flexibility index (Phi) is 6.13. The molecule has 0 bridgehead atoms. The van der Waals surface area contributed by atoms with Gasteiger partial charge in [-0.15, -0.1) is 0 Å². The molecule has 1 saturated heterocycles. The van der Waals surface area contributed by atoms with Crippen molar-refractivity contribution in [3.8, 4) is 11.3 Å². The van der Waals surface area contributed by atoms with Gasteiger partial charge in [-0.1, -0.05) is 49.6 Å². The molecule has 0 spiro atoms. The minimum absolute atomic E-state index is 0.0612. The average Bonchev–Trinajstić information content (AvgIpc) is 3.15. The lowest BCUT2D eigenvalue weighted by molar-refractivity contribution is -0.131. The number of fused-ring (bicyclic) bond motifs is 5. The van der Waals surface area contributed by atoms with Gasteiger partial charge in [-0.2, -0.15) is 0 Å². The first-order chi connectivity index (χ1) is 17.7. The number of carbonyl (C=O) groups is 2. The molecule has 186 valence electrons. The third-order valence-electron chi connectivity index (χ3n) is 7.99. The molecule has 2 aromatic carbocycles. The fourth-order valence-electron chi connectivity index (χ4n) is 6.22. The first kappa shape index (κ1) is 23.0. The number of ether oxygens (including phenoxy) is 2. The molecule has 0 N–H and O–H groups in total. The van der Waals surface area contributed by atoms with E-state index < -0.39 is 0 Å². The van der Waals surface area contributed by atoms with Crippen LogP contribution in [0.25, 0.3) is 28.2 Å². The molecular formula is C30H32N2O4. The summed E-state index contributed by atoms with van der Waals surface area (Å²) in [4.78, 5) is 28.1. The van der Waals surface area contributed by atoms with Crippen molar-refractivity contribution >= 4 is 28.9 Å². The Hall–Kier alpha value is -3.38. The second-order valence-electron chi connectivity index (χ2n) is 10.1. The van der Waals surface area contributed by atoms with Crippen LogP contribution in [0, 0.1) is 0 Å². The average molecular weight is 485 g/mol. The minimum Gasteiger partial charge on any atom is -0.465 e. The maximum Gasteiger partial charge on any atom is 0.337 e. The van der Waals surface area contributed by atoms with Gasteiger partial charge in [-0.3, -0.25) is 4.79 Å². The van der Waals surface area contributed by atoms with E-state index in [0.29, 0.717) is 44.3 Å². The van der Waals surface area contributed by atoms with Crippen molar-refractivity contribution in [2.45, 2.75) is 44.6 Å². The van der Waals surface area contributed by atoms with E-state index in [2.05, 4.69) is 34.9 Å². The molecule has 1 aromatic heterocycles. The quantitative estimate of drug-likeness (QED) is 0.467. The predicted octanol–water partition coefficient (Wildman–Crippen LogP) is 5.40. The van der Waals surface area contributed by atoms with E-state index in [1.54, 1.807) is 0 Å². The Balaban J connectivity index is 1.58. The molecule has 36 heavy (non-hydrogen) atoms. The van der Waals surface area contributed by atoms with E-state index in [-0.39, 0.29) is 11.9 Å². The van der Waals surface area contributed by atoms with Crippen molar-refractivity contribution in [1.29, 1.82) is 0 Å². The van der Waals surface area contributed by atoms with Crippen molar-refractivity contribution in [2.75, 3.05) is 33.4 Å². The van der Waals surface area contributed by atoms with Gasteiger partial charge in [0.1, 0.15) is 0 Å². The molecule has 1 saturated carbocycles. The van der Waals surface area contributed by atoms with Gasteiger partial charge in [0.05, 0.1) is 38.1 Å². The van der Waals surface area contributed by atoms with E-state index in [4.69, 9.17) is 9.47 Å². The second kappa shape index (κ2) is 9.58. The summed E-state index contributed by atoms with van der Waals surface area (Å²) in [7, 11) is 1.41. The summed E-state index contributed by atoms with van der Waals surface area (Å²) in [5, 5.41) is 1.18. The fourth-order valence-corrected chi connectivity index (χ4v) is 6.22. The number of esters is 1. The number of amides is 1. The van der Waals surface area contributed by atoms with Crippen LogP contribution in [-0.4, -0.2) is 54.8 Å². The molecule has 6 heteroatoms. The number of rotatable bonds is 3. The van der Waals surface area contributed by atoms with Gasteiger partial charge in [-0.05, 0) is 48.1 Å². The Morgan fingerprint density at radius 2 is 1.78 bits per heavy atom. The molecule has 1 amide bonds. The molecular weight excluding hydrogens is 452 g/mol. The van der Waals surface area contributed by atoms with Crippen LogP contribution < -0.4 is 0 Å². The third-order valence-corrected chi connectivity index (χ3v) is 7.99. The van der Waals surface area contributed by atoms with Gasteiger partial charge in [0.2, 0.25) is 0 Å². The summed E-state index contributed by atoms with van der Waals surface area (Å²) in [5.41, 5.74) is 7.06. The molecule has 6 nitrogen and oxygen atoms in total. The standard InChI is InChI=1S/C30H32N2O4/c1-35-30(34)22-11-12-25-26(18-22)32-19-23(29(33)31-13-15-36-16-14-31)17-21-9-5-6-10-24(21)28(32)27(25)20-7-3-2-4-8-20/h5-6,9-12,17-18,20H,2-4,7-8,13-16,19H2,1H3. The predicted molar refractivity (Wildman–Crippen MR) is 140 cm³/mol. The van der Waals surface area contributed by atoms with Gasteiger partial charge in [0.25, 0.3) is 5.91 Å². The van der Waals surface area contributed by atoms with Crippen molar-refractivity contribution in [3.05, 3.63) is 64.7 Å². The largest absolute Gasteiger partial charge is 0.465 e. The van der Waals surface area contributed by atoms with Crippen LogP contribution in [0.1, 0.15) is 59.5 Å². The maximum absolute atomic E-state index is 13.7. The topological polar surface area (TPSA) is 60.8 Å². The van der Waals surface area contributed by atoms with E-state index in [0.717, 1.165) is 22.2 Å². The van der Waals surface area contributed by atoms with Crippen LogP contribution in [-0.2, 0) is 20.8 Å². The summed E-state index contributed by atoms with van der Waals surface area (Å²) in [6, 6.07) is 14.3. The smallest absolute Gasteiger partial charge is 0.337 e. The second-order valence-corrected chi connectivity index (χ2v) is 10.1. The Morgan fingerprint density at radius 1 is 1.00 bits per heavy atom. The summed E-state index contributed by atoms with van der Waals surface area (Å²) < 4.78 is 12.8. The lowest BCUT2D eigenvalue weighted by atomic mass is 9.81. The molecule has 3 heterocycles. The maximum atomic E-state index is 13.7. The van der Waals surface area contributed by atoms with Gasteiger partial charge in [0.15, 0.2) is 0 Å². The zero-order valence-electron chi connectivity index (χ0n) is 20.8. The lowest BCUT2D eigenvalue weighted by Gasteiger charge is -2.28. The monoisotopic (exact) mass is 484 g/mol. The zero-order valence-corrected chi connectivity index (χ0v) is 20.8. The molecule has 2 fully saturated rings. The van der Waals surface area contributed by atoms with Crippen molar-refractivity contribution in [1.82, 2.24) is 9.47 Å². The zero-order chi connectivity index (χ0) is 24.6. The summed E-state index contributed by atoms with van der Waals surface area (Å²) in [6.45, 7) is 2.82. The molecule has 3 aliphatic rings. The molecule has 0 radical (unpaired) electrons. The van der Waals surface area contributed by atoms with Crippen molar-refractivity contribution < 1.29 is 19.1 Å². The molecule has 3 aromatic rings. The van der Waals surface area contributed by atoms with Gasteiger partial charge in [-0.25, -0.2) is 4.79 Å². The third kappa shape index (κ3) is 3.94.